The first-order valence-corrected chi connectivity index (χ1v) is 9.14. The fraction of sp³-hybridized carbons (Fsp3) is 0.333. The molecule has 0 aliphatic carbocycles. The Hall–Kier alpha value is -2.82. The van der Waals surface area contributed by atoms with Crippen LogP contribution < -0.4 is 9.80 Å². The molecule has 4 rings (SSSR count). The van der Waals surface area contributed by atoms with E-state index in [-0.39, 0.29) is 5.91 Å². The molecule has 0 aromatic heterocycles. The maximum atomic E-state index is 12.7. The van der Waals surface area contributed by atoms with Gasteiger partial charge in [0, 0.05) is 44.1 Å². The van der Waals surface area contributed by atoms with Crippen molar-refractivity contribution >= 4 is 23.2 Å². The average Bonchev–Trinajstić information content (AvgIpc) is 3.11. The van der Waals surface area contributed by atoms with Gasteiger partial charge in [-0.25, -0.2) is 0 Å². The summed E-state index contributed by atoms with van der Waals surface area (Å²) in [5.41, 5.74) is 4.42. The van der Waals surface area contributed by atoms with Gasteiger partial charge in [0.05, 0.1) is 0 Å². The number of rotatable bonds is 1. The molecule has 2 aliphatic rings. The van der Waals surface area contributed by atoms with Crippen molar-refractivity contribution in [2.75, 3.05) is 42.5 Å². The maximum absolute atomic E-state index is 12.7. The molecule has 2 aliphatic heterocycles. The van der Waals surface area contributed by atoms with Crippen LogP contribution in [0, 0.1) is 6.92 Å². The first-order valence-electron chi connectivity index (χ1n) is 9.14. The summed E-state index contributed by atoms with van der Waals surface area (Å²) >= 11 is 0. The van der Waals surface area contributed by atoms with E-state index >= 15 is 0 Å². The van der Waals surface area contributed by atoms with Crippen LogP contribution in [0.2, 0.25) is 0 Å². The van der Waals surface area contributed by atoms with Crippen LogP contribution in [0.1, 0.15) is 11.1 Å². The molecule has 2 aromatic rings. The van der Waals surface area contributed by atoms with Gasteiger partial charge < -0.3 is 14.7 Å². The monoisotopic (exact) mass is 349 g/mol. The lowest BCUT2D eigenvalue weighted by atomic mass is 10.2. The average molecular weight is 349 g/mol. The summed E-state index contributed by atoms with van der Waals surface area (Å²) in [6.45, 7) is 5.32. The van der Waals surface area contributed by atoms with E-state index in [1.807, 2.05) is 24.3 Å². The highest BCUT2D eigenvalue weighted by molar-refractivity contribution is 6.40. The summed E-state index contributed by atoms with van der Waals surface area (Å²) in [7, 11) is 0. The van der Waals surface area contributed by atoms with E-state index in [9.17, 15) is 9.59 Å². The number of carbonyl (C=O) groups excluding carboxylic acids is 2. The first kappa shape index (κ1) is 16.6. The second kappa shape index (κ2) is 6.83. The number of anilines is 2. The molecule has 134 valence electrons. The lowest BCUT2D eigenvalue weighted by molar-refractivity contribution is -0.144. The molecule has 5 nitrogen and oxygen atoms in total. The van der Waals surface area contributed by atoms with E-state index in [2.05, 4.69) is 36.1 Å². The Bertz CT molecular complexity index is 841. The van der Waals surface area contributed by atoms with Gasteiger partial charge in [0.2, 0.25) is 0 Å². The minimum atomic E-state index is -0.404. The van der Waals surface area contributed by atoms with Crippen molar-refractivity contribution in [2.24, 2.45) is 0 Å². The third-order valence-corrected chi connectivity index (χ3v) is 5.25. The SMILES string of the molecule is Cc1cccc(N2CCN(C(=O)C(=O)N3CCc4ccccc43)CC2)c1. The van der Waals surface area contributed by atoms with Gasteiger partial charge in [0.1, 0.15) is 0 Å². The molecule has 0 radical (unpaired) electrons. The molecule has 0 atom stereocenters. The highest BCUT2D eigenvalue weighted by Crippen LogP contribution is 2.28. The van der Waals surface area contributed by atoms with Crippen molar-refractivity contribution in [3.05, 3.63) is 59.7 Å². The molecule has 0 saturated carbocycles. The minimum absolute atomic E-state index is 0.384. The molecule has 0 spiro atoms. The summed E-state index contributed by atoms with van der Waals surface area (Å²) in [5.74, 6) is -0.787. The normalized spacial score (nSPS) is 16.6. The second-order valence-electron chi connectivity index (χ2n) is 6.95. The zero-order valence-corrected chi connectivity index (χ0v) is 15.0. The van der Waals surface area contributed by atoms with Crippen LogP contribution in [-0.2, 0) is 16.0 Å². The number of fused-ring (bicyclic) bond motifs is 1. The minimum Gasteiger partial charge on any atom is -0.368 e. The van der Waals surface area contributed by atoms with Gasteiger partial charge in [-0.2, -0.15) is 0 Å². The largest absolute Gasteiger partial charge is 0.368 e. The van der Waals surface area contributed by atoms with Crippen molar-refractivity contribution in [1.29, 1.82) is 0 Å². The van der Waals surface area contributed by atoms with E-state index in [4.69, 9.17) is 0 Å². The number of para-hydroxylation sites is 1. The molecule has 2 amide bonds. The maximum Gasteiger partial charge on any atom is 0.316 e. The Morgan fingerprint density at radius 3 is 2.38 bits per heavy atom. The van der Waals surface area contributed by atoms with Gasteiger partial charge in [-0.15, -0.1) is 0 Å². The number of amides is 2. The van der Waals surface area contributed by atoms with E-state index in [0.29, 0.717) is 19.6 Å². The van der Waals surface area contributed by atoms with Crippen molar-refractivity contribution in [2.45, 2.75) is 13.3 Å². The Morgan fingerprint density at radius 1 is 0.846 bits per heavy atom. The Morgan fingerprint density at radius 2 is 1.62 bits per heavy atom. The standard InChI is InChI=1S/C21H23N3O2/c1-16-5-4-7-18(15-16)22-11-13-23(14-12-22)20(25)21(26)24-10-9-17-6-2-3-8-19(17)24/h2-8,15H,9-14H2,1H3. The molecule has 1 saturated heterocycles. The number of aryl methyl sites for hydroxylation is 1. The molecule has 0 N–H and O–H groups in total. The van der Waals surface area contributed by atoms with Gasteiger partial charge in [-0.3, -0.25) is 9.59 Å². The number of benzene rings is 2. The Kier molecular flexibility index (Phi) is 4.37. The Balaban J connectivity index is 1.40. The number of carbonyl (C=O) groups is 2. The van der Waals surface area contributed by atoms with Crippen molar-refractivity contribution in [3.63, 3.8) is 0 Å². The zero-order chi connectivity index (χ0) is 18.1. The number of piperazine rings is 1. The summed E-state index contributed by atoms with van der Waals surface area (Å²) in [5, 5.41) is 0. The summed E-state index contributed by atoms with van der Waals surface area (Å²) < 4.78 is 0. The van der Waals surface area contributed by atoms with Crippen LogP contribution in [0.4, 0.5) is 11.4 Å². The zero-order valence-electron chi connectivity index (χ0n) is 15.0. The van der Waals surface area contributed by atoms with Crippen LogP contribution in [0.25, 0.3) is 0 Å². The van der Waals surface area contributed by atoms with E-state index in [1.54, 1.807) is 9.80 Å². The number of hydrogen-bond acceptors (Lipinski definition) is 3. The van der Waals surface area contributed by atoms with Crippen LogP contribution in [0.3, 0.4) is 0 Å². The van der Waals surface area contributed by atoms with Crippen LogP contribution in [0.5, 0.6) is 0 Å². The highest BCUT2D eigenvalue weighted by atomic mass is 16.2. The molecule has 0 unspecified atom stereocenters. The number of hydrogen-bond donors (Lipinski definition) is 0. The van der Waals surface area contributed by atoms with E-state index in [1.165, 1.54) is 11.3 Å². The fourth-order valence-electron chi connectivity index (χ4n) is 3.79. The third kappa shape index (κ3) is 3.05. The van der Waals surface area contributed by atoms with Gasteiger partial charge in [-0.1, -0.05) is 30.3 Å². The quantitative estimate of drug-likeness (QED) is 0.742. The van der Waals surface area contributed by atoms with Crippen LogP contribution in [-0.4, -0.2) is 49.4 Å². The lowest BCUT2D eigenvalue weighted by Gasteiger charge is -2.36. The van der Waals surface area contributed by atoms with Crippen molar-refractivity contribution in [3.8, 4) is 0 Å². The molecule has 2 aromatic carbocycles. The van der Waals surface area contributed by atoms with E-state index < -0.39 is 5.91 Å². The molecular weight excluding hydrogens is 326 g/mol. The molecule has 1 fully saturated rings. The predicted octanol–water partition coefficient (Wildman–Crippen LogP) is 2.23. The van der Waals surface area contributed by atoms with Crippen LogP contribution in [0.15, 0.2) is 48.5 Å². The molecule has 26 heavy (non-hydrogen) atoms. The second-order valence-corrected chi connectivity index (χ2v) is 6.95. The van der Waals surface area contributed by atoms with Crippen molar-refractivity contribution in [1.82, 2.24) is 4.90 Å². The molecule has 2 heterocycles. The smallest absolute Gasteiger partial charge is 0.316 e. The number of nitrogens with zero attached hydrogens (tertiary/aromatic N) is 3. The van der Waals surface area contributed by atoms with Crippen LogP contribution >= 0.6 is 0 Å². The predicted molar refractivity (Wildman–Crippen MR) is 102 cm³/mol. The molecule has 5 heteroatoms. The molecular formula is C21H23N3O2. The van der Waals surface area contributed by atoms with Gasteiger partial charge in [0.25, 0.3) is 0 Å². The topological polar surface area (TPSA) is 43.9 Å². The van der Waals surface area contributed by atoms with Crippen molar-refractivity contribution < 1.29 is 9.59 Å². The summed E-state index contributed by atoms with van der Waals surface area (Å²) in [6.07, 6.45) is 0.816. The summed E-state index contributed by atoms with van der Waals surface area (Å²) in [6, 6.07) is 16.2. The Labute approximate surface area is 153 Å². The lowest BCUT2D eigenvalue weighted by Crippen LogP contribution is -2.53. The first-order chi connectivity index (χ1) is 12.6. The van der Waals surface area contributed by atoms with E-state index in [0.717, 1.165) is 30.8 Å². The highest BCUT2D eigenvalue weighted by Gasteiger charge is 2.33. The van der Waals surface area contributed by atoms with Gasteiger partial charge in [0.15, 0.2) is 0 Å². The summed E-state index contributed by atoms with van der Waals surface area (Å²) in [4.78, 5) is 31.0. The fourth-order valence-corrected chi connectivity index (χ4v) is 3.79. The van der Waals surface area contributed by atoms with Gasteiger partial charge >= 0.3 is 11.8 Å². The molecule has 0 bridgehead atoms. The van der Waals surface area contributed by atoms with Gasteiger partial charge in [-0.05, 0) is 42.7 Å². The third-order valence-electron chi connectivity index (χ3n) is 5.25.